The number of carbonyl (C=O) groups excluding carboxylic acids is 1. The molecule has 0 bridgehead atoms. The van der Waals surface area contributed by atoms with E-state index in [0.717, 1.165) is 51.2 Å². The molecule has 1 amide bonds. The van der Waals surface area contributed by atoms with Crippen molar-refractivity contribution in [3.05, 3.63) is 29.8 Å². The molecule has 2 aliphatic rings. The molecule has 0 spiro atoms. The first-order chi connectivity index (χ1) is 10.6. The topological polar surface area (TPSA) is 32.3 Å². The third-order valence-corrected chi connectivity index (χ3v) is 5.60. The van der Waals surface area contributed by atoms with Crippen molar-refractivity contribution in [3.63, 3.8) is 0 Å². The Bertz CT molecular complexity index is 541. The van der Waals surface area contributed by atoms with Crippen LogP contribution in [0.25, 0.3) is 0 Å². The summed E-state index contributed by atoms with van der Waals surface area (Å²) in [6.07, 6.45) is 2.11. The number of carbonyl (C=O) groups is 1. The molecule has 1 aromatic carbocycles. The third kappa shape index (κ3) is 3.60. The normalized spacial score (nSPS) is 24.9. The molecule has 2 heterocycles. The molecule has 2 aliphatic heterocycles. The van der Waals surface area contributed by atoms with E-state index in [1.165, 1.54) is 17.8 Å². The van der Waals surface area contributed by atoms with Gasteiger partial charge in [-0.1, -0.05) is 0 Å². The Balaban J connectivity index is 1.52. The Morgan fingerprint density at radius 1 is 1.18 bits per heavy atom. The molecule has 2 saturated heterocycles. The molecule has 1 N–H and O–H groups in total. The number of nitrogens with one attached hydrogen (secondary N) is 1. The van der Waals surface area contributed by atoms with Crippen molar-refractivity contribution in [2.45, 2.75) is 17.7 Å². The molecule has 6 heteroatoms. The first-order valence-corrected chi connectivity index (χ1v) is 8.68. The average molecular weight is 326 g/mol. The Labute approximate surface area is 133 Å². The van der Waals surface area contributed by atoms with E-state index in [0.29, 0.717) is 16.7 Å². The molecule has 0 saturated carbocycles. The zero-order valence-electron chi connectivity index (χ0n) is 12.4. The van der Waals surface area contributed by atoms with Gasteiger partial charge in [-0.25, -0.2) is 8.78 Å². The van der Waals surface area contributed by atoms with Crippen LogP contribution in [-0.2, 0) is 4.79 Å². The minimum absolute atomic E-state index is 0.0858. The highest BCUT2D eigenvalue weighted by Gasteiger charge is 2.31. The maximum absolute atomic E-state index is 13.2. The summed E-state index contributed by atoms with van der Waals surface area (Å²) in [7, 11) is 0. The average Bonchev–Trinajstić information content (AvgIpc) is 2.87. The van der Waals surface area contributed by atoms with Gasteiger partial charge in [0.2, 0.25) is 5.91 Å². The van der Waals surface area contributed by atoms with Gasteiger partial charge in [-0.15, -0.1) is 11.8 Å². The van der Waals surface area contributed by atoms with Crippen molar-refractivity contribution in [2.24, 2.45) is 11.8 Å². The second-order valence-electron chi connectivity index (χ2n) is 6.00. The van der Waals surface area contributed by atoms with Crippen LogP contribution in [0.2, 0.25) is 0 Å². The number of amides is 1. The molecule has 120 valence electrons. The largest absolute Gasteiger partial charge is 0.342 e. The molecule has 0 aliphatic carbocycles. The van der Waals surface area contributed by atoms with E-state index in [1.807, 2.05) is 4.90 Å². The van der Waals surface area contributed by atoms with Crippen LogP contribution >= 0.6 is 11.8 Å². The lowest BCUT2D eigenvalue weighted by molar-refractivity contribution is -0.128. The summed E-state index contributed by atoms with van der Waals surface area (Å²) in [5.41, 5.74) is 0. The van der Waals surface area contributed by atoms with Crippen molar-refractivity contribution in [1.82, 2.24) is 10.2 Å². The molecular weight excluding hydrogens is 306 g/mol. The Morgan fingerprint density at radius 2 is 1.86 bits per heavy atom. The van der Waals surface area contributed by atoms with Crippen molar-refractivity contribution >= 4 is 17.7 Å². The van der Waals surface area contributed by atoms with Crippen LogP contribution in [0, 0.1) is 23.5 Å². The second kappa shape index (κ2) is 6.96. The molecule has 3 rings (SSSR count). The maximum atomic E-state index is 13.2. The number of fused-ring (bicyclic) bond motifs is 1. The third-order valence-electron chi connectivity index (χ3n) is 4.63. The lowest BCUT2D eigenvalue weighted by Gasteiger charge is -2.20. The maximum Gasteiger partial charge on any atom is 0.232 e. The lowest BCUT2D eigenvalue weighted by atomic mass is 9.92. The van der Waals surface area contributed by atoms with Gasteiger partial charge < -0.3 is 10.2 Å². The Kier molecular flexibility index (Phi) is 4.98. The van der Waals surface area contributed by atoms with Crippen molar-refractivity contribution < 1.29 is 13.6 Å². The number of rotatable bonds is 3. The number of benzene rings is 1. The zero-order chi connectivity index (χ0) is 15.5. The van der Waals surface area contributed by atoms with E-state index in [-0.39, 0.29) is 11.7 Å². The highest BCUT2D eigenvalue weighted by Crippen LogP contribution is 2.28. The van der Waals surface area contributed by atoms with Gasteiger partial charge in [0.25, 0.3) is 0 Å². The molecule has 3 nitrogen and oxygen atoms in total. The highest BCUT2D eigenvalue weighted by atomic mass is 32.2. The minimum Gasteiger partial charge on any atom is -0.342 e. The predicted octanol–water partition coefficient (Wildman–Crippen LogP) is 2.51. The fraction of sp³-hybridized carbons (Fsp3) is 0.562. The summed E-state index contributed by atoms with van der Waals surface area (Å²) in [6, 6.07) is 3.75. The number of thioether (sulfide) groups is 1. The molecule has 0 radical (unpaired) electrons. The molecule has 2 fully saturated rings. The predicted molar refractivity (Wildman–Crippen MR) is 82.7 cm³/mol. The van der Waals surface area contributed by atoms with Gasteiger partial charge in [-0.2, -0.15) is 0 Å². The highest BCUT2D eigenvalue weighted by molar-refractivity contribution is 8.00. The summed E-state index contributed by atoms with van der Waals surface area (Å²) in [4.78, 5) is 14.8. The fourth-order valence-electron chi connectivity index (χ4n) is 3.27. The first-order valence-electron chi connectivity index (χ1n) is 7.70. The standard InChI is InChI=1S/C16H20F2N2OS/c17-14-2-1-13(7-15(14)18)22-10-16(21)20-5-3-11-8-19-9-12(11)4-6-20/h1-2,7,11-12,19H,3-6,8-10H2/t11-,12+. The minimum atomic E-state index is -0.868. The molecule has 0 unspecified atom stereocenters. The van der Waals surface area contributed by atoms with E-state index in [2.05, 4.69) is 5.32 Å². The van der Waals surface area contributed by atoms with Crippen LogP contribution in [0.1, 0.15) is 12.8 Å². The van der Waals surface area contributed by atoms with Gasteiger partial charge in [0.15, 0.2) is 11.6 Å². The Morgan fingerprint density at radius 3 is 2.50 bits per heavy atom. The van der Waals surface area contributed by atoms with Crippen LogP contribution in [0.15, 0.2) is 23.1 Å². The number of hydrogen-bond donors (Lipinski definition) is 1. The second-order valence-corrected chi connectivity index (χ2v) is 7.05. The van der Waals surface area contributed by atoms with Crippen LogP contribution < -0.4 is 5.32 Å². The van der Waals surface area contributed by atoms with Crippen molar-refractivity contribution in [3.8, 4) is 0 Å². The number of halogens is 2. The molecule has 0 aromatic heterocycles. The summed E-state index contributed by atoms with van der Waals surface area (Å²) >= 11 is 1.26. The van der Waals surface area contributed by atoms with E-state index in [9.17, 15) is 13.6 Å². The SMILES string of the molecule is O=C(CSc1ccc(F)c(F)c1)N1CC[C@@H]2CNC[C@@H]2CC1. The fourth-order valence-corrected chi connectivity index (χ4v) is 4.09. The molecule has 2 atom stereocenters. The molecule has 22 heavy (non-hydrogen) atoms. The van der Waals surface area contributed by atoms with Gasteiger partial charge in [0.05, 0.1) is 5.75 Å². The van der Waals surface area contributed by atoms with Crippen LogP contribution in [0.4, 0.5) is 8.78 Å². The summed E-state index contributed by atoms with van der Waals surface area (Å²) < 4.78 is 26.0. The van der Waals surface area contributed by atoms with Gasteiger partial charge in [0.1, 0.15) is 0 Å². The smallest absolute Gasteiger partial charge is 0.232 e. The zero-order valence-corrected chi connectivity index (χ0v) is 13.2. The number of nitrogens with zero attached hydrogens (tertiary/aromatic N) is 1. The summed E-state index contributed by atoms with van der Waals surface area (Å²) in [5, 5.41) is 3.42. The summed E-state index contributed by atoms with van der Waals surface area (Å²) in [5.74, 6) is 0.0189. The first kappa shape index (κ1) is 15.7. The lowest BCUT2D eigenvalue weighted by Crippen LogP contribution is -2.34. The monoisotopic (exact) mass is 326 g/mol. The number of hydrogen-bond acceptors (Lipinski definition) is 3. The van der Waals surface area contributed by atoms with Crippen molar-refractivity contribution in [1.29, 1.82) is 0 Å². The molecular formula is C16H20F2N2OS. The van der Waals surface area contributed by atoms with E-state index < -0.39 is 11.6 Å². The van der Waals surface area contributed by atoms with E-state index in [4.69, 9.17) is 0 Å². The number of likely N-dealkylation sites (tertiary alicyclic amines) is 1. The van der Waals surface area contributed by atoms with Gasteiger partial charge in [-0.05, 0) is 56.0 Å². The van der Waals surface area contributed by atoms with Gasteiger partial charge >= 0.3 is 0 Å². The van der Waals surface area contributed by atoms with Crippen LogP contribution in [0.5, 0.6) is 0 Å². The van der Waals surface area contributed by atoms with E-state index >= 15 is 0 Å². The Hall–Kier alpha value is -1.14. The van der Waals surface area contributed by atoms with Crippen molar-refractivity contribution in [2.75, 3.05) is 31.9 Å². The molecule has 1 aromatic rings. The van der Waals surface area contributed by atoms with Gasteiger partial charge in [-0.3, -0.25) is 4.79 Å². The van der Waals surface area contributed by atoms with E-state index in [1.54, 1.807) is 0 Å². The van der Waals surface area contributed by atoms with Gasteiger partial charge in [0, 0.05) is 18.0 Å². The quantitative estimate of drug-likeness (QED) is 0.866. The van der Waals surface area contributed by atoms with Crippen LogP contribution in [0.3, 0.4) is 0 Å². The summed E-state index contributed by atoms with van der Waals surface area (Å²) in [6.45, 7) is 3.74. The van der Waals surface area contributed by atoms with Crippen LogP contribution in [-0.4, -0.2) is 42.7 Å².